The van der Waals surface area contributed by atoms with E-state index < -0.39 is 5.82 Å². The number of halogens is 1. The van der Waals surface area contributed by atoms with Crippen LogP contribution in [0.4, 0.5) is 10.1 Å². The molecule has 5 nitrogen and oxygen atoms in total. The molecule has 2 N–H and O–H groups in total. The highest BCUT2D eigenvalue weighted by molar-refractivity contribution is 5.99. The van der Waals surface area contributed by atoms with Gasteiger partial charge >= 0.3 is 0 Å². The zero-order valence-corrected chi connectivity index (χ0v) is 14.5. The molecule has 2 amide bonds. The number of hydrogen-bond acceptors (Lipinski definition) is 3. The van der Waals surface area contributed by atoms with Crippen LogP contribution in [-0.4, -0.2) is 24.1 Å². The average molecular weight is 356 g/mol. The number of carbonyl (C=O) groups is 3. The fourth-order valence-corrected chi connectivity index (χ4v) is 2.42. The van der Waals surface area contributed by atoms with E-state index in [-0.39, 0.29) is 37.0 Å². The van der Waals surface area contributed by atoms with Gasteiger partial charge in [-0.25, -0.2) is 4.39 Å². The molecule has 2 aromatic carbocycles. The molecule has 0 aliphatic rings. The van der Waals surface area contributed by atoms with Crippen molar-refractivity contribution in [2.75, 3.05) is 11.9 Å². The highest BCUT2D eigenvalue weighted by Crippen LogP contribution is 2.15. The van der Waals surface area contributed by atoms with Crippen LogP contribution in [0.1, 0.15) is 35.7 Å². The highest BCUT2D eigenvalue weighted by atomic mass is 19.1. The summed E-state index contributed by atoms with van der Waals surface area (Å²) in [6.07, 6.45) is 0.751. The minimum absolute atomic E-state index is 0.00223. The summed E-state index contributed by atoms with van der Waals surface area (Å²) in [6, 6.07) is 12.6. The van der Waals surface area contributed by atoms with Crippen LogP contribution in [0.3, 0.4) is 0 Å². The van der Waals surface area contributed by atoms with E-state index >= 15 is 0 Å². The molecule has 2 aromatic rings. The summed E-state index contributed by atoms with van der Waals surface area (Å²) in [4.78, 5) is 35.7. The number of carbonyl (C=O) groups excluding carboxylic acids is 3. The smallest absolute Gasteiger partial charge is 0.243 e. The topological polar surface area (TPSA) is 75.3 Å². The lowest BCUT2D eigenvalue weighted by Crippen LogP contribution is -2.33. The minimum Gasteiger partial charge on any atom is -0.347 e. The van der Waals surface area contributed by atoms with Crippen molar-refractivity contribution in [3.05, 3.63) is 65.5 Å². The lowest BCUT2D eigenvalue weighted by atomic mass is 10.1. The fourth-order valence-electron chi connectivity index (χ4n) is 2.42. The first-order valence-electron chi connectivity index (χ1n) is 8.42. The van der Waals surface area contributed by atoms with E-state index in [0.29, 0.717) is 5.56 Å². The number of anilines is 1. The van der Waals surface area contributed by atoms with E-state index in [9.17, 15) is 18.8 Å². The van der Waals surface area contributed by atoms with Crippen LogP contribution in [0.25, 0.3) is 0 Å². The first-order chi connectivity index (χ1) is 12.5. The third-order valence-corrected chi connectivity index (χ3v) is 3.86. The number of Topliss-reactive ketones (excluding diaryl/α,β-unsaturated/α-hetero) is 1. The molecular formula is C20H21FN2O3. The number of amides is 2. The zero-order valence-electron chi connectivity index (χ0n) is 14.5. The summed E-state index contributed by atoms with van der Waals surface area (Å²) >= 11 is 0. The molecule has 0 fully saturated rings. The first kappa shape index (κ1) is 19.3. The average Bonchev–Trinajstić information content (AvgIpc) is 2.65. The second-order valence-electron chi connectivity index (χ2n) is 5.77. The Morgan fingerprint density at radius 2 is 1.62 bits per heavy atom. The number of para-hydroxylation sites is 1. The third kappa shape index (κ3) is 5.81. The van der Waals surface area contributed by atoms with Crippen LogP contribution in [0, 0.1) is 5.82 Å². The Morgan fingerprint density at radius 3 is 2.31 bits per heavy atom. The van der Waals surface area contributed by atoms with Crippen molar-refractivity contribution < 1.29 is 18.8 Å². The standard InChI is InChI=1S/C20H21FN2O3/c1-2-14-5-3-4-6-17(14)23-20(26)13-22-19(25)12-11-18(24)15-7-9-16(21)10-8-15/h3-10H,2,11-13H2,1H3,(H,22,25)(H,23,26). The van der Waals surface area contributed by atoms with Crippen LogP contribution >= 0.6 is 0 Å². The Labute approximate surface area is 151 Å². The van der Waals surface area contributed by atoms with E-state index in [0.717, 1.165) is 17.7 Å². The Balaban J connectivity index is 1.75. The summed E-state index contributed by atoms with van der Waals surface area (Å²) in [6.45, 7) is 1.83. The number of hydrogen-bond donors (Lipinski definition) is 2. The molecule has 0 atom stereocenters. The molecule has 0 aromatic heterocycles. The lowest BCUT2D eigenvalue weighted by molar-refractivity contribution is -0.124. The minimum atomic E-state index is -0.421. The van der Waals surface area contributed by atoms with Crippen LogP contribution in [0.5, 0.6) is 0 Å². The summed E-state index contributed by atoms with van der Waals surface area (Å²) in [7, 11) is 0. The Kier molecular flexibility index (Phi) is 7.02. The molecule has 0 aliphatic carbocycles. The van der Waals surface area contributed by atoms with Gasteiger partial charge in [-0.2, -0.15) is 0 Å². The van der Waals surface area contributed by atoms with Gasteiger partial charge in [0.25, 0.3) is 0 Å². The second kappa shape index (κ2) is 9.46. The van der Waals surface area contributed by atoms with Crippen molar-refractivity contribution >= 4 is 23.3 Å². The molecule has 26 heavy (non-hydrogen) atoms. The van der Waals surface area contributed by atoms with Crippen molar-refractivity contribution in [1.29, 1.82) is 0 Å². The van der Waals surface area contributed by atoms with Crippen molar-refractivity contribution in [2.45, 2.75) is 26.2 Å². The zero-order chi connectivity index (χ0) is 18.9. The number of ketones is 1. The summed E-state index contributed by atoms with van der Waals surface area (Å²) < 4.78 is 12.8. The van der Waals surface area contributed by atoms with Crippen LogP contribution in [-0.2, 0) is 16.0 Å². The molecule has 0 aliphatic heterocycles. The maximum Gasteiger partial charge on any atom is 0.243 e. The van der Waals surface area contributed by atoms with Gasteiger partial charge in [0.15, 0.2) is 5.78 Å². The van der Waals surface area contributed by atoms with E-state index in [2.05, 4.69) is 10.6 Å². The highest BCUT2D eigenvalue weighted by Gasteiger charge is 2.11. The van der Waals surface area contributed by atoms with Gasteiger partial charge < -0.3 is 10.6 Å². The molecule has 0 saturated carbocycles. The molecule has 0 unspecified atom stereocenters. The van der Waals surface area contributed by atoms with Gasteiger partial charge in [0.2, 0.25) is 11.8 Å². The quantitative estimate of drug-likeness (QED) is 0.714. The van der Waals surface area contributed by atoms with Gasteiger partial charge in [0.1, 0.15) is 5.82 Å². The molecule has 0 heterocycles. The van der Waals surface area contributed by atoms with Gasteiger partial charge in [0, 0.05) is 24.1 Å². The summed E-state index contributed by atoms with van der Waals surface area (Å²) in [5, 5.41) is 5.25. The maximum atomic E-state index is 12.8. The Hall–Kier alpha value is -3.02. The van der Waals surface area contributed by atoms with Crippen molar-refractivity contribution in [2.24, 2.45) is 0 Å². The maximum absolute atomic E-state index is 12.8. The van der Waals surface area contributed by atoms with Gasteiger partial charge in [0.05, 0.1) is 6.54 Å². The van der Waals surface area contributed by atoms with E-state index in [1.165, 1.54) is 24.3 Å². The SMILES string of the molecule is CCc1ccccc1NC(=O)CNC(=O)CCC(=O)c1ccc(F)cc1. The fraction of sp³-hybridized carbons (Fsp3) is 0.250. The number of rotatable bonds is 8. The van der Waals surface area contributed by atoms with E-state index in [1.807, 2.05) is 25.1 Å². The molecular weight excluding hydrogens is 335 g/mol. The molecule has 0 saturated heterocycles. The Morgan fingerprint density at radius 1 is 0.923 bits per heavy atom. The van der Waals surface area contributed by atoms with E-state index in [4.69, 9.17) is 0 Å². The van der Waals surface area contributed by atoms with Gasteiger partial charge in [-0.15, -0.1) is 0 Å². The predicted molar refractivity (Wildman–Crippen MR) is 97.4 cm³/mol. The van der Waals surface area contributed by atoms with Crippen molar-refractivity contribution in [3.8, 4) is 0 Å². The number of aryl methyl sites for hydroxylation is 1. The summed E-state index contributed by atoms with van der Waals surface area (Å²) in [5.41, 5.74) is 2.09. The van der Waals surface area contributed by atoms with Crippen molar-refractivity contribution in [3.63, 3.8) is 0 Å². The van der Waals surface area contributed by atoms with Gasteiger partial charge in [-0.1, -0.05) is 25.1 Å². The lowest BCUT2D eigenvalue weighted by Gasteiger charge is -2.10. The third-order valence-electron chi connectivity index (χ3n) is 3.86. The molecule has 0 spiro atoms. The second-order valence-corrected chi connectivity index (χ2v) is 5.77. The molecule has 6 heteroatoms. The molecule has 2 rings (SSSR count). The molecule has 0 radical (unpaired) electrons. The largest absolute Gasteiger partial charge is 0.347 e. The van der Waals surface area contributed by atoms with Gasteiger partial charge in [-0.05, 0) is 42.3 Å². The number of benzene rings is 2. The molecule has 0 bridgehead atoms. The van der Waals surface area contributed by atoms with Crippen LogP contribution in [0.15, 0.2) is 48.5 Å². The van der Waals surface area contributed by atoms with Crippen LogP contribution < -0.4 is 10.6 Å². The van der Waals surface area contributed by atoms with Crippen LogP contribution in [0.2, 0.25) is 0 Å². The number of nitrogens with one attached hydrogen (secondary N) is 2. The van der Waals surface area contributed by atoms with Crippen molar-refractivity contribution in [1.82, 2.24) is 5.32 Å². The first-order valence-corrected chi connectivity index (χ1v) is 8.42. The predicted octanol–water partition coefficient (Wildman–Crippen LogP) is 3.11. The monoisotopic (exact) mass is 356 g/mol. The van der Waals surface area contributed by atoms with Gasteiger partial charge in [-0.3, -0.25) is 14.4 Å². The molecule has 136 valence electrons. The normalized spacial score (nSPS) is 10.2. The van der Waals surface area contributed by atoms with E-state index in [1.54, 1.807) is 6.07 Å². The Bertz CT molecular complexity index is 788. The summed E-state index contributed by atoms with van der Waals surface area (Å²) in [5.74, 6) is -1.39.